The van der Waals surface area contributed by atoms with Gasteiger partial charge >= 0.3 is 0 Å². The molecule has 0 bridgehead atoms. The molecule has 0 radical (unpaired) electrons. The lowest BCUT2D eigenvalue weighted by Gasteiger charge is -2.11. The zero-order valence-electron chi connectivity index (χ0n) is 13.0. The lowest BCUT2D eigenvalue weighted by Crippen LogP contribution is -2.21. The average Bonchev–Trinajstić information content (AvgIpc) is 2.63. The van der Waals surface area contributed by atoms with Crippen molar-refractivity contribution in [3.05, 3.63) is 28.3 Å². The summed E-state index contributed by atoms with van der Waals surface area (Å²) < 4.78 is 11.4. The van der Waals surface area contributed by atoms with Gasteiger partial charge in [-0.1, -0.05) is 37.1 Å². The van der Waals surface area contributed by atoms with Gasteiger partial charge in [0.15, 0.2) is 11.5 Å². The van der Waals surface area contributed by atoms with E-state index in [-0.39, 0.29) is 0 Å². The largest absolute Gasteiger partial charge is 0.489 e. The van der Waals surface area contributed by atoms with Crippen molar-refractivity contribution in [1.29, 1.82) is 0 Å². The van der Waals surface area contributed by atoms with Crippen LogP contribution in [0, 0.1) is 5.92 Å². The molecule has 1 aliphatic rings. The van der Waals surface area contributed by atoms with Crippen LogP contribution in [0.1, 0.15) is 32.8 Å². The molecule has 0 saturated carbocycles. The van der Waals surface area contributed by atoms with Crippen molar-refractivity contribution in [1.82, 2.24) is 5.32 Å². The fraction of sp³-hybridized carbons (Fsp3) is 0.529. The minimum absolute atomic E-state index is 0.614. The average molecular weight is 310 g/mol. The van der Waals surface area contributed by atoms with Crippen LogP contribution < -0.4 is 14.8 Å². The summed E-state index contributed by atoms with van der Waals surface area (Å²) in [5.41, 5.74) is 2.31. The van der Waals surface area contributed by atoms with Gasteiger partial charge in [-0.2, -0.15) is 0 Å². The summed E-state index contributed by atoms with van der Waals surface area (Å²) in [4.78, 5) is 0. The first kappa shape index (κ1) is 16.2. The molecular weight excluding hydrogens is 286 g/mol. The van der Waals surface area contributed by atoms with Crippen LogP contribution in [0.2, 0.25) is 5.02 Å². The number of hydrogen-bond acceptors (Lipinski definition) is 3. The molecule has 1 heterocycles. The normalized spacial score (nSPS) is 15.2. The predicted molar refractivity (Wildman–Crippen MR) is 88.4 cm³/mol. The molecule has 3 nitrogen and oxygen atoms in total. The van der Waals surface area contributed by atoms with Crippen molar-refractivity contribution < 1.29 is 9.47 Å². The van der Waals surface area contributed by atoms with Crippen molar-refractivity contribution in [2.24, 2.45) is 5.92 Å². The molecule has 1 aromatic carbocycles. The highest BCUT2D eigenvalue weighted by Gasteiger charge is 2.14. The summed E-state index contributed by atoms with van der Waals surface area (Å²) >= 11 is 6.30. The van der Waals surface area contributed by atoms with E-state index in [1.165, 1.54) is 5.57 Å². The van der Waals surface area contributed by atoms with Crippen molar-refractivity contribution in [3.8, 4) is 11.5 Å². The Morgan fingerprint density at radius 2 is 2.10 bits per heavy atom. The van der Waals surface area contributed by atoms with E-state index in [2.05, 4.69) is 32.2 Å². The maximum atomic E-state index is 6.30. The van der Waals surface area contributed by atoms with E-state index in [0.717, 1.165) is 30.8 Å². The Bertz CT molecular complexity index is 512. The van der Waals surface area contributed by atoms with Gasteiger partial charge in [-0.3, -0.25) is 0 Å². The maximum Gasteiger partial charge on any atom is 0.179 e. The van der Waals surface area contributed by atoms with E-state index >= 15 is 0 Å². The molecule has 0 unspecified atom stereocenters. The number of benzene rings is 1. The van der Waals surface area contributed by atoms with Crippen LogP contribution in [0.4, 0.5) is 0 Å². The first-order valence-electron chi connectivity index (χ1n) is 7.53. The molecule has 0 spiro atoms. The Hall–Kier alpha value is -1.19. The Balaban J connectivity index is 2.09. The van der Waals surface area contributed by atoms with Gasteiger partial charge in [-0.15, -0.1) is 0 Å². The molecule has 2 rings (SSSR count). The number of halogens is 1. The summed E-state index contributed by atoms with van der Waals surface area (Å²) in [6.07, 6.45) is 3.02. The molecule has 0 fully saturated rings. The van der Waals surface area contributed by atoms with Gasteiger partial charge in [0.2, 0.25) is 0 Å². The fourth-order valence-corrected chi connectivity index (χ4v) is 2.50. The second kappa shape index (κ2) is 7.71. The van der Waals surface area contributed by atoms with E-state index in [4.69, 9.17) is 21.1 Å². The van der Waals surface area contributed by atoms with Gasteiger partial charge in [0.25, 0.3) is 0 Å². The van der Waals surface area contributed by atoms with Crippen LogP contribution >= 0.6 is 11.6 Å². The molecule has 0 aromatic heterocycles. The summed E-state index contributed by atoms with van der Waals surface area (Å²) in [5, 5.41) is 4.05. The van der Waals surface area contributed by atoms with Crippen LogP contribution in [0.15, 0.2) is 17.7 Å². The summed E-state index contributed by atoms with van der Waals surface area (Å²) in [6.45, 7) is 9.75. The zero-order chi connectivity index (χ0) is 15.2. The van der Waals surface area contributed by atoms with E-state index in [1.807, 2.05) is 12.1 Å². The smallest absolute Gasteiger partial charge is 0.179 e. The second-order valence-corrected chi connectivity index (χ2v) is 6.30. The molecule has 21 heavy (non-hydrogen) atoms. The van der Waals surface area contributed by atoms with Crippen LogP contribution in [0.3, 0.4) is 0 Å². The van der Waals surface area contributed by atoms with Gasteiger partial charge in [0.05, 0.1) is 18.2 Å². The Kier molecular flexibility index (Phi) is 5.95. The third-order valence-corrected chi connectivity index (χ3v) is 3.47. The van der Waals surface area contributed by atoms with Crippen molar-refractivity contribution in [3.63, 3.8) is 0 Å². The second-order valence-electron chi connectivity index (χ2n) is 5.90. The number of fused-ring (bicyclic) bond motifs is 1. The minimum Gasteiger partial charge on any atom is -0.489 e. The van der Waals surface area contributed by atoms with Crippen molar-refractivity contribution >= 4 is 17.7 Å². The summed E-state index contributed by atoms with van der Waals surface area (Å²) in [7, 11) is 0. The Labute approximate surface area is 132 Å². The molecule has 0 aliphatic carbocycles. The molecule has 1 aliphatic heterocycles. The molecule has 1 aromatic rings. The van der Waals surface area contributed by atoms with Crippen molar-refractivity contribution in [2.45, 2.75) is 27.2 Å². The molecule has 4 heteroatoms. The van der Waals surface area contributed by atoms with E-state index in [9.17, 15) is 0 Å². The van der Waals surface area contributed by atoms with Gasteiger partial charge < -0.3 is 14.8 Å². The lowest BCUT2D eigenvalue weighted by atomic mass is 10.1. The van der Waals surface area contributed by atoms with Crippen LogP contribution in [0.25, 0.3) is 6.08 Å². The third kappa shape index (κ3) is 4.94. The number of nitrogens with one attached hydrogen (secondary N) is 1. The highest BCUT2D eigenvalue weighted by atomic mass is 35.5. The van der Waals surface area contributed by atoms with Gasteiger partial charge in [0, 0.05) is 13.0 Å². The van der Waals surface area contributed by atoms with E-state index in [1.54, 1.807) is 0 Å². The summed E-state index contributed by atoms with van der Waals surface area (Å²) in [6, 6.07) is 3.93. The van der Waals surface area contributed by atoms with E-state index in [0.29, 0.717) is 29.9 Å². The van der Waals surface area contributed by atoms with Crippen molar-refractivity contribution in [2.75, 3.05) is 26.3 Å². The molecule has 1 N–H and O–H groups in total. The molecule has 116 valence electrons. The van der Waals surface area contributed by atoms with Crippen LogP contribution in [-0.4, -0.2) is 26.3 Å². The van der Waals surface area contributed by atoms with Crippen LogP contribution in [-0.2, 0) is 0 Å². The molecule has 0 saturated heterocycles. The number of hydrogen-bond donors (Lipinski definition) is 1. The topological polar surface area (TPSA) is 30.5 Å². The first-order valence-corrected chi connectivity index (χ1v) is 7.91. The Morgan fingerprint density at radius 1 is 1.33 bits per heavy atom. The zero-order valence-corrected chi connectivity index (χ0v) is 13.8. The highest BCUT2D eigenvalue weighted by Crippen LogP contribution is 2.38. The quantitative estimate of drug-likeness (QED) is 0.886. The first-order chi connectivity index (χ1) is 10.1. The molecular formula is C17H24ClNO2. The third-order valence-electron chi connectivity index (χ3n) is 3.19. The predicted octanol–water partition coefficient (Wildman–Crippen LogP) is 4.15. The van der Waals surface area contributed by atoms with Gasteiger partial charge in [-0.25, -0.2) is 0 Å². The van der Waals surface area contributed by atoms with Crippen LogP contribution in [0.5, 0.6) is 11.5 Å². The number of ether oxygens (including phenoxy) is 2. The molecule has 0 atom stereocenters. The SMILES string of the molecule is CC(=Cc1cc(Cl)c2c(c1)OCCCO2)CNCC(C)C. The highest BCUT2D eigenvalue weighted by molar-refractivity contribution is 6.32. The molecule has 0 amide bonds. The van der Waals surface area contributed by atoms with Gasteiger partial charge in [0.1, 0.15) is 0 Å². The maximum absolute atomic E-state index is 6.30. The van der Waals surface area contributed by atoms with E-state index < -0.39 is 0 Å². The Morgan fingerprint density at radius 3 is 2.86 bits per heavy atom. The summed E-state index contributed by atoms with van der Waals surface area (Å²) in [5.74, 6) is 2.07. The monoisotopic (exact) mass is 309 g/mol. The fourth-order valence-electron chi connectivity index (χ4n) is 2.23. The lowest BCUT2D eigenvalue weighted by molar-refractivity contribution is 0.297. The standard InChI is InChI=1S/C17H24ClNO2/c1-12(2)10-19-11-13(3)7-14-8-15(18)17-16(9-14)20-5-4-6-21-17/h7-9,12,19H,4-6,10-11H2,1-3H3. The minimum atomic E-state index is 0.614. The number of rotatable bonds is 5. The van der Waals surface area contributed by atoms with Gasteiger partial charge in [-0.05, 0) is 37.1 Å².